The molecule has 9 bridgehead atoms. The number of benzene rings is 7. The number of carboxylic acid groups (broad SMARTS) is 1. The van der Waals surface area contributed by atoms with Crippen LogP contribution in [0, 0.1) is 0 Å². The molecule has 7 atom stereocenters. The summed E-state index contributed by atoms with van der Waals surface area (Å²) in [5.74, 6) is -10.5. The first-order valence-electron chi connectivity index (χ1n) is 26.6. The van der Waals surface area contributed by atoms with E-state index >= 15 is 4.79 Å². The average Bonchev–Trinajstić information content (AvgIpc) is 1.41. The summed E-state index contributed by atoms with van der Waals surface area (Å²) < 4.78 is 6.43. The van der Waals surface area contributed by atoms with E-state index in [4.69, 9.17) is 91.7 Å². The number of likely N-dealkylation sites (N-methyl/N-ethyl adjacent to an activating group) is 1. The van der Waals surface area contributed by atoms with Crippen LogP contribution in [0.15, 0.2) is 130 Å². The first-order chi connectivity index (χ1) is 42.7. The molecule has 11 rings (SSSR count). The number of aromatic nitrogens is 1. The van der Waals surface area contributed by atoms with Gasteiger partial charge in [-0.1, -0.05) is 112 Å². The summed E-state index contributed by atoms with van der Waals surface area (Å²) in [5.41, 5.74) is 6.93. The molecule has 464 valence electrons. The number of carboxylic acids is 1. The molecule has 8 aromatic rings. The van der Waals surface area contributed by atoms with Crippen LogP contribution in [-0.4, -0.2) is 116 Å². The maximum atomic E-state index is 15.6. The Kier molecular flexibility index (Phi) is 18.5. The van der Waals surface area contributed by atoms with Gasteiger partial charge < -0.3 is 76.9 Å². The highest BCUT2D eigenvalue weighted by atomic mass is 35.5. The summed E-state index contributed by atoms with van der Waals surface area (Å²) in [4.78, 5) is 75.1. The quantitative estimate of drug-likeness (QED) is 0.0639. The number of amides is 3. The van der Waals surface area contributed by atoms with Gasteiger partial charge in [-0.2, -0.15) is 0 Å². The van der Waals surface area contributed by atoms with Crippen molar-refractivity contribution in [3.05, 3.63) is 189 Å². The number of hydrogen-bond donors (Lipinski definition) is 13. The Morgan fingerprint density at radius 2 is 1.14 bits per heavy atom. The maximum Gasteiger partial charge on any atom is 0.330 e. The number of aliphatic hydroxyl groups is 3. The van der Waals surface area contributed by atoms with E-state index in [1.54, 1.807) is 6.07 Å². The Balaban J connectivity index is 1.23. The molecule has 7 unspecified atom stereocenters. The van der Waals surface area contributed by atoms with Gasteiger partial charge in [-0.3, -0.25) is 14.4 Å². The molecule has 1 aromatic heterocycles. The van der Waals surface area contributed by atoms with Gasteiger partial charge in [0.25, 0.3) is 5.91 Å². The lowest BCUT2D eigenvalue weighted by molar-refractivity contribution is -0.144. The van der Waals surface area contributed by atoms with E-state index in [2.05, 4.69) is 30.6 Å². The number of phenols is 5. The molecular weight excluding hydrogens is 1320 g/mol. The Morgan fingerprint density at radius 3 is 1.71 bits per heavy atom. The van der Waals surface area contributed by atoms with Crippen LogP contribution in [0.3, 0.4) is 0 Å². The Morgan fingerprint density at radius 1 is 0.622 bits per heavy atom. The molecule has 0 aliphatic carbocycles. The molecule has 0 fully saturated rings. The Hall–Kier alpha value is -8.84. The second-order valence-electron chi connectivity index (χ2n) is 20.8. The molecule has 0 saturated carbocycles. The lowest BCUT2D eigenvalue weighted by Crippen LogP contribution is -2.51. The van der Waals surface area contributed by atoms with Crippen LogP contribution in [0.4, 0.5) is 0 Å². The minimum atomic E-state index is -2.10. The molecule has 3 aliphatic heterocycles. The molecule has 0 radical (unpaired) electrons. The molecular formula is C61H47Cl7N8O14. The van der Waals surface area contributed by atoms with Gasteiger partial charge in [-0.15, -0.1) is 0 Å². The zero-order chi connectivity index (χ0) is 64.9. The third kappa shape index (κ3) is 13.0. The number of carbonyl (C=O) groups is 4. The topological polar surface area (TPSA) is 366 Å². The standard InChI is InChI=1S/C61H47Cl7N8O14/c1-76-42(56(83)75-49(61(88)89)24-4-6-30(77)7-5-24)12-23-2-8-31(9-3-23)90-43-21-26-13-33(51(43)78)44-34(62)11-10-32-29(22-70-50(32)44)20-41(71-57(84)45(69)25-14-35(63)52(79)36(64)15-25)55(82)72-47(27-16-37(65)53(80)38(66)17-27)58(85)73-46(26)59(86)74-48(60(76)87)28-18-39(67)54(81)40(68)19-28/h2-11,13-19,21-22,41-42,45-49,70,77-81H,12,20,69H2,1H3,(H,71,84)(H,72,82)(H,73,85)(H,74,86)(H,75,83)(H,88,89). The zero-order valence-electron chi connectivity index (χ0n) is 46.0. The van der Waals surface area contributed by atoms with Gasteiger partial charge in [-0.05, 0) is 118 Å². The molecule has 22 nitrogen and oxygen atoms in total. The summed E-state index contributed by atoms with van der Waals surface area (Å²) in [6, 6.07) is 10.7. The van der Waals surface area contributed by atoms with E-state index in [1.165, 1.54) is 92.1 Å². The van der Waals surface area contributed by atoms with E-state index in [-0.39, 0.29) is 89.6 Å². The third-order valence-corrected chi connectivity index (χ3v) is 17.0. The van der Waals surface area contributed by atoms with Gasteiger partial charge in [0.05, 0.1) is 40.7 Å². The van der Waals surface area contributed by atoms with Crippen LogP contribution < -0.4 is 21.1 Å². The van der Waals surface area contributed by atoms with Crippen LogP contribution in [0.5, 0.6) is 40.2 Å². The number of rotatable bonds is 9. The van der Waals surface area contributed by atoms with Gasteiger partial charge >= 0.3 is 5.97 Å². The van der Waals surface area contributed by atoms with Crippen molar-refractivity contribution in [1.82, 2.24) is 20.5 Å². The van der Waals surface area contributed by atoms with Crippen molar-refractivity contribution in [3.63, 3.8) is 0 Å². The first kappa shape index (κ1) is 64.2. The number of halogens is 7. The number of ether oxygens (including phenoxy) is 1. The SMILES string of the molecule is CN1C(=O)C(c2cc(Cl)c(O)c(Cl)c2)N=C(O)C2N=C(O)C(c3cc(Cl)c(O)c(Cl)c3)N=C(O)C(NC(=O)C(N)c3cc(Cl)c(O)c(Cl)c3)Cc3c[nH]c4c(c(Cl)ccc34)-c3cc2cc(c3O)Oc2ccc(cc2)CC1C(=O)NC(C(=O)O)c1ccc(O)cc1. The second-order valence-corrected chi connectivity index (χ2v) is 23.6. The highest BCUT2D eigenvalue weighted by Gasteiger charge is 2.38. The number of aliphatic carboxylic acids is 1. The molecule has 90 heavy (non-hydrogen) atoms. The van der Waals surface area contributed by atoms with Crippen LogP contribution in [0.25, 0.3) is 22.0 Å². The zero-order valence-corrected chi connectivity index (χ0v) is 51.3. The van der Waals surface area contributed by atoms with Crippen molar-refractivity contribution in [1.29, 1.82) is 0 Å². The molecule has 0 saturated heterocycles. The molecule has 29 heteroatoms. The molecule has 3 amide bonds. The lowest BCUT2D eigenvalue weighted by Gasteiger charge is -2.31. The number of aromatic hydroxyl groups is 5. The Bertz CT molecular complexity index is 4270. The summed E-state index contributed by atoms with van der Waals surface area (Å²) in [5, 5.41) is 106. The van der Waals surface area contributed by atoms with Crippen molar-refractivity contribution < 1.29 is 69.9 Å². The van der Waals surface area contributed by atoms with E-state index in [0.717, 1.165) is 29.2 Å². The van der Waals surface area contributed by atoms with Crippen LogP contribution >= 0.6 is 81.2 Å². The van der Waals surface area contributed by atoms with E-state index in [1.807, 2.05) is 0 Å². The van der Waals surface area contributed by atoms with Gasteiger partial charge in [0.1, 0.15) is 29.6 Å². The summed E-state index contributed by atoms with van der Waals surface area (Å²) >= 11 is 45.5. The van der Waals surface area contributed by atoms with E-state index in [9.17, 15) is 60.3 Å². The van der Waals surface area contributed by atoms with Crippen molar-refractivity contribution >= 4 is 133 Å². The maximum absolute atomic E-state index is 15.6. The van der Waals surface area contributed by atoms with Gasteiger partial charge in [0.15, 0.2) is 52.9 Å². The number of nitrogens with one attached hydrogen (secondary N) is 3. The highest BCUT2D eigenvalue weighted by Crippen LogP contribution is 2.48. The van der Waals surface area contributed by atoms with Crippen molar-refractivity contribution in [2.75, 3.05) is 7.05 Å². The Labute approximate surface area is 544 Å². The minimum Gasteiger partial charge on any atom is -0.508 e. The molecule has 7 aromatic carbocycles. The number of hydrogen-bond acceptors (Lipinski definition) is 14. The van der Waals surface area contributed by atoms with E-state index < -0.39 is 127 Å². The number of aliphatic hydroxyl groups excluding tert-OH is 3. The second kappa shape index (κ2) is 25.9. The van der Waals surface area contributed by atoms with Crippen LogP contribution in [-0.2, 0) is 32.0 Å². The number of aromatic amines is 1. The van der Waals surface area contributed by atoms with Gasteiger partial charge in [-0.25, -0.2) is 19.8 Å². The number of phenolic OH excluding ortho intramolecular Hbond substituents is 5. The van der Waals surface area contributed by atoms with Gasteiger partial charge in [0.2, 0.25) is 29.5 Å². The summed E-state index contributed by atoms with van der Waals surface area (Å²) in [6.07, 6.45) is 0.867. The highest BCUT2D eigenvalue weighted by molar-refractivity contribution is 6.38. The number of fused-ring (bicyclic) bond motifs is 9. The molecule has 14 N–H and O–H groups in total. The number of nitrogens with two attached hydrogens (primary N) is 1. The fraction of sp³-hybridized carbons (Fsp3) is 0.164. The van der Waals surface area contributed by atoms with Crippen molar-refractivity contribution in [2.24, 2.45) is 20.7 Å². The minimum absolute atomic E-state index is 0.0182. The molecule has 3 aliphatic rings. The number of aliphatic imine (C=N–C) groups is 3. The predicted molar refractivity (Wildman–Crippen MR) is 339 cm³/mol. The first-order valence-corrected chi connectivity index (χ1v) is 29.2. The number of nitrogens with zero attached hydrogens (tertiary/aromatic N) is 4. The average molecular weight is 1360 g/mol. The monoisotopic (exact) mass is 1360 g/mol. The van der Waals surface area contributed by atoms with Gasteiger partial charge in [0, 0.05) is 42.6 Å². The fourth-order valence-electron chi connectivity index (χ4n) is 10.3. The normalized spacial score (nSPS) is 18.6. The number of carbonyl (C=O) groups excluding carboxylic acids is 3. The summed E-state index contributed by atoms with van der Waals surface area (Å²) in [6.45, 7) is 0. The lowest BCUT2D eigenvalue weighted by atomic mass is 9.94. The largest absolute Gasteiger partial charge is 0.508 e. The fourth-order valence-corrected chi connectivity index (χ4v) is 12.0. The van der Waals surface area contributed by atoms with Crippen LogP contribution in [0.2, 0.25) is 35.2 Å². The number of H-pyrrole nitrogens is 1. The van der Waals surface area contributed by atoms with Crippen molar-refractivity contribution in [3.8, 4) is 51.4 Å². The van der Waals surface area contributed by atoms with E-state index in [0.29, 0.717) is 16.5 Å². The summed E-state index contributed by atoms with van der Waals surface area (Å²) in [7, 11) is 1.20. The van der Waals surface area contributed by atoms with Crippen LogP contribution in [0.1, 0.15) is 69.2 Å². The predicted octanol–water partition coefficient (Wildman–Crippen LogP) is 12.2. The molecule has 0 spiro atoms. The third-order valence-electron chi connectivity index (χ3n) is 15.0. The smallest absolute Gasteiger partial charge is 0.330 e. The molecule has 4 heterocycles. The van der Waals surface area contributed by atoms with Crippen molar-refractivity contribution in [2.45, 2.75) is 55.1 Å².